The number of fused-ring (bicyclic) bond motifs is 4. The Balaban J connectivity index is 1.14. The summed E-state index contributed by atoms with van der Waals surface area (Å²) < 4.78 is 10.6. The minimum atomic E-state index is -0.985. The summed E-state index contributed by atoms with van der Waals surface area (Å²) in [6, 6.07) is 11.9. The minimum absolute atomic E-state index is 0.0189. The van der Waals surface area contributed by atoms with Gasteiger partial charge in [0.25, 0.3) is 5.91 Å². The van der Waals surface area contributed by atoms with E-state index in [0.717, 1.165) is 78.2 Å². The minimum Gasteiger partial charge on any atom is -0.494 e. The van der Waals surface area contributed by atoms with Crippen molar-refractivity contribution in [2.75, 3.05) is 31.6 Å². The molecular weight excluding hydrogens is 620 g/mol. The molecule has 4 aliphatic rings. The largest absolute Gasteiger partial charge is 0.494 e. The number of methoxy groups -OCH3 is 1. The molecule has 12 nitrogen and oxygen atoms in total. The molecule has 2 aliphatic heterocycles. The lowest BCUT2D eigenvalue weighted by Crippen LogP contribution is -2.41. The average Bonchev–Trinajstić information content (AvgIpc) is 3.43. The zero-order valence-electron chi connectivity index (χ0n) is 27.5. The number of nitrogens with zero attached hydrogens (tertiary/aromatic N) is 7. The summed E-state index contributed by atoms with van der Waals surface area (Å²) in [4.78, 5) is 44.1. The number of hydrogen-bond acceptors (Lipinski definition) is 8. The Labute approximate surface area is 283 Å². The van der Waals surface area contributed by atoms with Gasteiger partial charge >= 0.3 is 5.97 Å². The normalized spacial score (nSPS) is 23.3. The summed E-state index contributed by atoms with van der Waals surface area (Å²) in [5, 5.41) is 10.6. The van der Waals surface area contributed by atoms with Gasteiger partial charge in [-0.05, 0) is 86.3 Å². The summed E-state index contributed by atoms with van der Waals surface area (Å²) in [5.74, 6) is 1.66. The zero-order valence-corrected chi connectivity index (χ0v) is 27.5. The van der Waals surface area contributed by atoms with Gasteiger partial charge in [-0.25, -0.2) is 14.8 Å². The van der Waals surface area contributed by atoms with Crippen molar-refractivity contribution in [3.05, 3.63) is 66.1 Å². The van der Waals surface area contributed by atoms with Gasteiger partial charge in [0.05, 0.1) is 35.8 Å². The number of imidazole rings is 1. The molecule has 6 heterocycles. The molecule has 12 heteroatoms. The molecule has 1 aromatic carbocycles. The van der Waals surface area contributed by atoms with E-state index in [2.05, 4.69) is 31.2 Å². The number of hydrogen-bond donors (Lipinski definition) is 2. The Morgan fingerprint density at radius 1 is 0.980 bits per heavy atom. The van der Waals surface area contributed by atoms with E-state index in [0.29, 0.717) is 36.2 Å². The number of piperidine rings is 1. The van der Waals surface area contributed by atoms with Crippen molar-refractivity contribution >= 4 is 39.6 Å². The number of amides is 1. The molecule has 4 atom stereocenters. The molecule has 2 saturated carbocycles. The van der Waals surface area contributed by atoms with Crippen LogP contribution in [-0.2, 0) is 13.1 Å². The second-order valence-electron chi connectivity index (χ2n) is 14.4. The van der Waals surface area contributed by atoms with Crippen LogP contribution in [0, 0.1) is 17.8 Å². The third-order valence-corrected chi connectivity index (χ3v) is 11.3. The second-order valence-corrected chi connectivity index (χ2v) is 14.4. The number of anilines is 1. The first-order valence-electron chi connectivity index (χ1n) is 17.4. The van der Waals surface area contributed by atoms with E-state index in [1.807, 2.05) is 29.3 Å². The van der Waals surface area contributed by atoms with Gasteiger partial charge in [0.15, 0.2) is 5.82 Å². The molecule has 2 bridgehead atoms. The Kier molecular flexibility index (Phi) is 7.12. The number of nitrogens with two attached hydrogens (primary N) is 1. The quantitative estimate of drug-likeness (QED) is 0.231. The van der Waals surface area contributed by atoms with Crippen LogP contribution < -0.4 is 15.4 Å². The number of likely N-dealkylation sites (tertiary alicyclic amines) is 1. The fraction of sp³-hybridized carbons (Fsp3) is 0.432. The molecule has 9 rings (SSSR count). The van der Waals surface area contributed by atoms with Crippen LogP contribution in [0.25, 0.3) is 33.6 Å². The molecule has 1 amide bonds. The molecule has 49 heavy (non-hydrogen) atoms. The van der Waals surface area contributed by atoms with Gasteiger partial charge in [-0.15, -0.1) is 0 Å². The second kappa shape index (κ2) is 11.6. The Morgan fingerprint density at radius 3 is 2.59 bits per heavy atom. The maximum absolute atomic E-state index is 14.0. The van der Waals surface area contributed by atoms with Crippen LogP contribution in [0.1, 0.15) is 52.8 Å². The maximum atomic E-state index is 14.0. The molecule has 2 saturated heterocycles. The molecule has 2 aliphatic carbocycles. The first-order chi connectivity index (χ1) is 23.9. The monoisotopic (exact) mass is 660 g/mol. The van der Waals surface area contributed by atoms with E-state index in [1.165, 1.54) is 19.0 Å². The molecule has 0 spiro atoms. The van der Waals surface area contributed by atoms with E-state index in [-0.39, 0.29) is 29.5 Å². The topological polar surface area (TPSA) is 145 Å². The molecular formula is C37H40N8O4. The SMILES string of the molecule is COc1cc(C(=O)N2C[C@H]3CC[C@@H]2[C@@H]3N)cc2nc(-c3cc4cccnc4n3CC3CC3)n(C[C@H]3CCN(c4cncc(C(=O)O)c4)C3)c12. The summed E-state index contributed by atoms with van der Waals surface area (Å²) in [5.41, 5.74) is 11.6. The molecule has 0 radical (unpaired) electrons. The predicted molar refractivity (Wildman–Crippen MR) is 185 cm³/mol. The summed E-state index contributed by atoms with van der Waals surface area (Å²) >= 11 is 0. The lowest BCUT2D eigenvalue weighted by Gasteiger charge is -2.27. The fourth-order valence-electron chi connectivity index (χ4n) is 8.54. The number of pyridine rings is 2. The number of aromatic nitrogens is 5. The zero-order chi connectivity index (χ0) is 33.4. The summed E-state index contributed by atoms with van der Waals surface area (Å²) in [6.45, 7) is 3.78. The van der Waals surface area contributed by atoms with Crippen molar-refractivity contribution in [1.82, 2.24) is 29.0 Å². The van der Waals surface area contributed by atoms with Crippen LogP contribution in [0.5, 0.6) is 5.75 Å². The number of carboxylic acids is 1. The van der Waals surface area contributed by atoms with E-state index in [1.54, 1.807) is 19.4 Å². The van der Waals surface area contributed by atoms with Crippen molar-refractivity contribution in [1.29, 1.82) is 0 Å². The molecule has 5 aromatic rings. The number of carbonyl (C=O) groups is 2. The Morgan fingerprint density at radius 2 is 1.84 bits per heavy atom. The highest BCUT2D eigenvalue weighted by molar-refractivity contribution is 6.00. The third kappa shape index (κ3) is 5.11. The van der Waals surface area contributed by atoms with Crippen LogP contribution in [0.3, 0.4) is 0 Å². The van der Waals surface area contributed by atoms with Crippen LogP contribution in [0.2, 0.25) is 0 Å². The Hall–Kier alpha value is -4.97. The number of aromatic carboxylic acids is 1. The average molecular weight is 661 g/mol. The molecule has 4 aromatic heterocycles. The van der Waals surface area contributed by atoms with Crippen molar-refractivity contribution in [3.8, 4) is 17.3 Å². The van der Waals surface area contributed by atoms with Gasteiger partial charge in [0, 0.05) is 68.2 Å². The number of benzene rings is 1. The van der Waals surface area contributed by atoms with E-state index >= 15 is 0 Å². The summed E-state index contributed by atoms with van der Waals surface area (Å²) in [7, 11) is 1.65. The maximum Gasteiger partial charge on any atom is 0.337 e. The molecule has 0 unspecified atom stereocenters. The van der Waals surface area contributed by atoms with Crippen LogP contribution in [0.15, 0.2) is 55.0 Å². The highest BCUT2D eigenvalue weighted by Gasteiger charge is 2.47. The Bertz CT molecular complexity index is 2120. The van der Waals surface area contributed by atoms with Crippen molar-refractivity contribution < 1.29 is 19.4 Å². The van der Waals surface area contributed by atoms with Gasteiger partial charge in [-0.1, -0.05) is 0 Å². The lowest BCUT2D eigenvalue weighted by molar-refractivity contribution is 0.0689. The first kappa shape index (κ1) is 30.1. The number of ether oxygens (including phenoxy) is 1. The van der Waals surface area contributed by atoms with Crippen molar-refractivity contribution in [2.45, 2.75) is 57.3 Å². The smallest absolute Gasteiger partial charge is 0.337 e. The van der Waals surface area contributed by atoms with Gasteiger partial charge in [-0.3, -0.25) is 9.78 Å². The van der Waals surface area contributed by atoms with Crippen molar-refractivity contribution in [2.24, 2.45) is 23.5 Å². The highest BCUT2D eigenvalue weighted by atomic mass is 16.5. The first-order valence-corrected chi connectivity index (χ1v) is 17.4. The lowest BCUT2D eigenvalue weighted by atomic mass is 10.1. The van der Waals surface area contributed by atoms with E-state index in [4.69, 9.17) is 20.4 Å². The van der Waals surface area contributed by atoms with Crippen LogP contribution in [-0.4, -0.2) is 84.8 Å². The van der Waals surface area contributed by atoms with E-state index in [9.17, 15) is 14.7 Å². The van der Waals surface area contributed by atoms with Gasteiger partial charge in [-0.2, -0.15) is 0 Å². The number of carbonyl (C=O) groups excluding carboxylic acids is 1. The van der Waals surface area contributed by atoms with Gasteiger partial charge < -0.3 is 34.5 Å². The van der Waals surface area contributed by atoms with Gasteiger partial charge in [0.1, 0.15) is 16.9 Å². The molecule has 4 fully saturated rings. The molecule has 3 N–H and O–H groups in total. The predicted octanol–water partition coefficient (Wildman–Crippen LogP) is 4.65. The summed E-state index contributed by atoms with van der Waals surface area (Å²) in [6.07, 6.45) is 10.3. The number of carboxylic acid groups (broad SMARTS) is 1. The fourth-order valence-corrected chi connectivity index (χ4v) is 8.54. The highest BCUT2D eigenvalue weighted by Crippen LogP contribution is 2.41. The van der Waals surface area contributed by atoms with Crippen LogP contribution in [0.4, 0.5) is 5.69 Å². The molecule has 252 valence electrons. The van der Waals surface area contributed by atoms with Crippen LogP contribution >= 0.6 is 0 Å². The third-order valence-electron chi connectivity index (χ3n) is 11.3. The van der Waals surface area contributed by atoms with Gasteiger partial charge in [0.2, 0.25) is 0 Å². The van der Waals surface area contributed by atoms with Crippen molar-refractivity contribution in [3.63, 3.8) is 0 Å². The van der Waals surface area contributed by atoms with E-state index < -0.39 is 5.97 Å². The number of rotatable bonds is 9. The standard InChI is InChI=1S/C37H40N8O4/c1-49-31-14-25(36(46)44-20-24-6-7-29(44)32(24)38)12-28-33(31)45(19-22-8-10-42(17-22)27-11-26(37(47)48)15-39-16-27)35(41-28)30-13-23-3-2-9-40-34(23)43(30)18-21-4-5-21/h2-3,9,11-16,21-22,24,29,32H,4-8,10,17-20,38H2,1H3,(H,47,48)/t22-,24+,29+,32+/m0/s1.